The first-order chi connectivity index (χ1) is 10.7. The average molecular weight is 432 g/mol. The average Bonchev–Trinajstić information content (AvgIpc) is 2.59. The molecule has 1 aliphatic heterocycles. The highest BCUT2D eigenvalue weighted by atomic mass is 127. The van der Waals surface area contributed by atoms with Gasteiger partial charge in [0.25, 0.3) is 0 Å². The molecule has 2 heterocycles. The van der Waals surface area contributed by atoms with Crippen molar-refractivity contribution in [1.29, 1.82) is 0 Å². The zero-order valence-electron chi connectivity index (χ0n) is 13.7. The molecule has 0 bridgehead atoms. The van der Waals surface area contributed by atoms with Gasteiger partial charge in [0, 0.05) is 39.1 Å². The number of aromatic nitrogens is 1. The van der Waals surface area contributed by atoms with Gasteiger partial charge in [0.15, 0.2) is 5.96 Å². The quantitative estimate of drug-likeness (QED) is 0.340. The van der Waals surface area contributed by atoms with E-state index in [9.17, 15) is 4.79 Å². The molecular weight excluding hydrogens is 407 g/mol. The number of rotatable bonds is 4. The number of guanidine groups is 1. The molecule has 2 rings (SSSR count). The van der Waals surface area contributed by atoms with Gasteiger partial charge in [-0.15, -0.1) is 24.0 Å². The lowest BCUT2D eigenvalue weighted by Gasteiger charge is -2.33. The van der Waals surface area contributed by atoms with Gasteiger partial charge in [-0.3, -0.25) is 14.8 Å². The van der Waals surface area contributed by atoms with Crippen LogP contribution in [0.4, 0.5) is 0 Å². The van der Waals surface area contributed by atoms with E-state index >= 15 is 0 Å². The topological polar surface area (TPSA) is 66.8 Å². The number of nitrogens with zero attached hydrogens (tertiary/aromatic N) is 3. The smallest absolute Gasteiger partial charge is 0.308 e. The molecule has 23 heavy (non-hydrogen) atoms. The molecule has 1 fully saturated rings. The van der Waals surface area contributed by atoms with Crippen molar-refractivity contribution < 1.29 is 9.53 Å². The molecule has 0 aromatic carbocycles. The van der Waals surface area contributed by atoms with Crippen molar-refractivity contribution in [2.45, 2.75) is 19.3 Å². The lowest BCUT2D eigenvalue weighted by Crippen LogP contribution is -2.47. The molecule has 1 aromatic heterocycles. The zero-order valence-corrected chi connectivity index (χ0v) is 16.0. The summed E-state index contributed by atoms with van der Waals surface area (Å²) in [5.74, 6) is 0.820. The minimum Gasteiger partial charge on any atom is -0.469 e. The largest absolute Gasteiger partial charge is 0.469 e. The predicted molar refractivity (Wildman–Crippen MR) is 101 cm³/mol. The highest BCUT2D eigenvalue weighted by Gasteiger charge is 2.26. The number of nitrogens with one attached hydrogen (secondary N) is 1. The summed E-state index contributed by atoms with van der Waals surface area (Å²) in [7, 11) is 3.24. The Morgan fingerprint density at radius 3 is 2.78 bits per heavy atom. The number of hydrogen-bond donors (Lipinski definition) is 1. The molecule has 1 N–H and O–H groups in total. The second-order valence-electron chi connectivity index (χ2n) is 5.37. The molecule has 0 aliphatic carbocycles. The van der Waals surface area contributed by atoms with Crippen LogP contribution in [0.25, 0.3) is 0 Å². The lowest BCUT2D eigenvalue weighted by atomic mass is 9.97. The summed E-state index contributed by atoms with van der Waals surface area (Å²) in [6.07, 6.45) is 6.20. The molecule has 0 unspecified atom stereocenters. The first kappa shape index (κ1) is 19.7. The number of piperidine rings is 1. The van der Waals surface area contributed by atoms with Gasteiger partial charge in [0.2, 0.25) is 0 Å². The van der Waals surface area contributed by atoms with E-state index in [1.54, 1.807) is 13.2 Å². The number of ether oxygens (including phenoxy) is 1. The summed E-state index contributed by atoms with van der Waals surface area (Å²) in [6.45, 7) is 2.47. The van der Waals surface area contributed by atoms with Crippen molar-refractivity contribution >= 4 is 35.9 Å². The van der Waals surface area contributed by atoms with Crippen LogP contribution in [0.15, 0.2) is 29.5 Å². The molecule has 1 saturated heterocycles. The van der Waals surface area contributed by atoms with Gasteiger partial charge in [0.05, 0.1) is 13.0 Å². The van der Waals surface area contributed by atoms with E-state index in [2.05, 4.69) is 26.3 Å². The summed E-state index contributed by atoms with van der Waals surface area (Å²) >= 11 is 0. The van der Waals surface area contributed by atoms with E-state index in [0.29, 0.717) is 0 Å². The van der Waals surface area contributed by atoms with Crippen LogP contribution < -0.4 is 5.32 Å². The van der Waals surface area contributed by atoms with Crippen LogP contribution in [-0.2, 0) is 16.0 Å². The van der Waals surface area contributed by atoms with Gasteiger partial charge in [-0.2, -0.15) is 0 Å². The number of esters is 1. The maximum absolute atomic E-state index is 11.5. The number of carbonyl (C=O) groups is 1. The summed E-state index contributed by atoms with van der Waals surface area (Å²) in [4.78, 5) is 22.2. The molecule has 0 atom stereocenters. The Kier molecular flexibility index (Phi) is 8.90. The third kappa shape index (κ3) is 5.96. The first-order valence-corrected chi connectivity index (χ1v) is 7.67. The van der Waals surface area contributed by atoms with Gasteiger partial charge in [0.1, 0.15) is 0 Å². The maximum atomic E-state index is 11.5. The minimum absolute atomic E-state index is 0. The number of methoxy groups -OCH3 is 1. The number of hydrogen-bond acceptors (Lipinski definition) is 4. The minimum atomic E-state index is -0.0980. The highest BCUT2D eigenvalue weighted by molar-refractivity contribution is 14.0. The summed E-state index contributed by atoms with van der Waals surface area (Å²) in [5, 5.41) is 3.38. The lowest BCUT2D eigenvalue weighted by molar-refractivity contribution is -0.146. The van der Waals surface area contributed by atoms with E-state index in [-0.39, 0.29) is 35.9 Å². The van der Waals surface area contributed by atoms with Gasteiger partial charge in [-0.25, -0.2) is 0 Å². The number of carbonyl (C=O) groups excluding carboxylic acids is 1. The first-order valence-electron chi connectivity index (χ1n) is 7.67. The number of likely N-dealkylation sites (tertiary alicyclic amines) is 1. The van der Waals surface area contributed by atoms with Crippen LogP contribution in [0.2, 0.25) is 0 Å². The fourth-order valence-corrected chi connectivity index (χ4v) is 2.69. The van der Waals surface area contributed by atoms with Crippen molar-refractivity contribution in [1.82, 2.24) is 15.2 Å². The van der Waals surface area contributed by atoms with Crippen LogP contribution in [0.5, 0.6) is 0 Å². The maximum Gasteiger partial charge on any atom is 0.308 e. The van der Waals surface area contributed by atoms with Crippen molar-refractivity contribution in [2.24, 2.45) is 10.9 Å². The van der Waals surface area contributed by atoms with Crippen molar-refractivity contribution in [2.75, 3.05) is 33.8 Å². The van der Waals surface area contributed by atoms with Crippen LogP contribution in [0.1, 0.15) is 18.4 Å². The second-order valence-corrected chi connectivity index (χ2v) is 5.37. The predicted octanol–water partition coefficient (Wildman–Crippen LogP) is 1.70. The van der Waals surface area contributed by atoms with E-state index in [1.165, 1.54) is 12.7 Å². The van der Waals surface area contributed by atoms with Gasteiger partial charge in [-0.1, -0.05) is 6.07 Å². The molecule has 0 amide bonds. The molecule has 0 spiro atoms. The Balaban J connectivity index is 0.00000264. The van der Waals surface area contributed by atoms with E-state index in [0.717, 1.165) is 44.9 Å². The summed E-state index contributed by atoms with van der Waals surface area (Å²) < 4.78 is 4.82. The third-order valence-corrected chi connectivity index (χ3v) is 3.96. The molecule has 1 aliphatic rings. The molecule has 128 valence electrons. The van der Waals surface area contributed by atoms with Crippen molar-refractivity contribution in [3.8, 4) is 0 Å². The van der Waals surface area contributed by atoms with Gasteiger partial charge in [-0.05, 0) is 30.9 Å². The van der Waals surface area contributed by atoms with Gasteiger partial charge >= 0.3 is 5.97 Å². The van der Waals surface area contributed by atoms with E-state index in [4.69, 9.17) is 4.74 Å². The van der Waals surface area contributed by atoms with Crippen LogP contribution in [-0.4, -0.2) is 55.6 Å². The molecule has 7 heteroatoms. The Morgan fingerprint density at radius 2 is 2.22 bits per heavy atom. The Bertz CT molecular complexity index is 502. The van der Waals surface area contributed by atoms with E-state index < -0.39 is 0 Å². The fraction of sp³-hybridized carbons (Fsp3) is 0.562. The Morgan fingerprint density at radius 1 is 1.48 bits per heavy atom. The summed E-state index contributed by atoms with van der Waals surface area (Å²) in [6, 6.07) is 4.01. The fourth-order valence-electron chi connectivity index (χ4n) is 2.69. The van der Waals surface area contributed by atoms with Crippen LogP contribution >= 0.6 is 24.0 Å². The number of halogens is 1. The van der Waals surface area contributed by atoms with Crippen LogP contribution in [0, 0.1) is 5.92 Å². The SMILES string of the molecule is CN=C(NCCc1cccnc1)N1CCC(C(=O)OC)CC1.I. The zero-order chi connectivity index (χ0) is 15.8. The van der Waals surface area contributed by atoms with Crippen LogP contribution in [0.3, 0.4) is 0 Å². The Labute approximate surface area is 154 Å². The molecule has 1 aromatic rings. The number of aliphatic imine (C=N–C) groups is 1. The molecule has 6 nitrogen and oxygen atoms in total. The Hall–Kier alpha value is -1.38. The normalized spacial score (nSPS) is 15.7. The standard InChI is InChI=1S/C16H24N4O2.HI/c1-17-16(19-9-5-13-4-3-8-18-12-13)20-10-6-14(7-11-20)15(21)22-2;/h3-4,8,12,14H,5-7,9-11H2,1-2H3,(H,17,19);1H. The highest BCUT2D eigenvalue weighted by Crippen LogP contribution is 2.18. The van der Waals surface area contributed by atoms with Crippen molar-refractivity contribution in [3.05, 3.63) is 30.1 Å². The van der Waals surface area contributed by atoms with Gasteiger partial charge < -0.3 is 15.0 Å². The van der Waals surface area contributed by atoms with Crippen molar-refractivity contribution in [3.63, 3.8) is 0 Å². The molecular formula is C16H25IN4O2. The number of pyridine rings is 1. The summed E-state index contributed by atoms with van der Waals surface area (Å²) in [5.41, 5.74) is 1.20. The van der Waals surface area contributed by atoms with E-state index in [1.807, 2.05) is 12.3 Å². The monoisotopic (exact) mass is 432 g/mol. The second kappa shape index (κ2) is 10.4. The molecule has 0 radical (unpaired) electrons. The molecule has 0 saturated carbocycles. The third-order valence-electron chi connectivity index (χ3n) is 3.96.